The molecule has 1 heterocycles. The number of anilines is 1. The minimum Gasteiger partial charge on any atom is -0.340 e. The number of hydrogen-bond acceptors (Lipinski definition) is 4. The number of nitrogens with zero attached hydrogens (tertiary/aromatic N) is 2. The van der Waals surface area contributed by atoms with Crippen molar-refractivity contribution < 1.29 is 13.2 Å². The molecule has 2 N–H and O–H groups in total. The summed E-state index contributed by atoms with van der Waals surface area (Å²) < 4.78 is 26.8. The van der Waals surface area contributed by atoms with Crippen LogP contribution in [0.1, 0.15) is 6.92 Å². The third-order valence-corrected chi connectivity index (χ3v) is 6.16. The molecular formula is C16H19N3O3S. The van der Waals surface area contributed by atoms with Crippen molar-refractivity contribution in [3.05, 3.63) is 36.4 Å². The van der Waals surface area contributed by atoms with E-state index in [1.165, 1.54) is 9.21 Å². The van der Waals surface area contributed by atoms with Crippen molar-refractivity contribution in [3.63, 3.8) is 0 Å². The van der Waals surface area contributed by atoms with Gasteiger partial charge in [0.05, 0.1) is 10.6 Å². The van der Waals surface area contributed by atoms with Crippen LogP contribution >= 0.6 is 0 Å². The zero-order chi connectivity index (χ0) is 16.8. The molecule has 0 aromatic heterocycles. The average Bonchev–Trinajstić information content (AvgIpc) is 2.77. The van der Waals surface area contributed by atoms with Crippen molar-refractivity contribution >= 4 is 32.4 Å². The van der Waals surface area contributed by atoms with Gasteiger partial charge in [0.15, 0.2) is 0 Å². The lowest BCUT2D eigenvalue weighted by Crippen LogP contribution is -2.45. The number of sulfonamides is 1. The summed E-state index contributed by atoms with van der Waals surface area (Å²) in [6.45, 7) is 1.92. The number of likely N-dealkylation sites (N-methyl/N-ethyl adjacent to an activating group) is 1. The Morgan fingerprint density at radius 2 is 1.91 bits per heavy atom. The van der Waals surface area contributed by atoms with E-state index < -0.39 is 10.0 Å². The Balaban J connectivity index is 2.03. The van der Waals surface area contributed by atoms with Gasteiger partial charge in [-0.3, -0.25) is 9.10 Å². The van der Waals surface area contributed by atoms with Crippen LogP contribution in [0.15, 0.2) is 41.3 Å². The van der Waals surface area contributed by atoms with Crippen molar-refractivity contribution in [1.82, 2.24) is 4.90 Å². The van der Waals surface area contributed by atoms with E-state index in [0.717, 1.165) is 5.39 Å². The second-order valence-corrected chi connectivity index (χ2v) is 7.56. The standard InChI is InChI=1S/C16H19N3O3S/c1-11(9-17)18(2)15(20)10-19-13-7-3-5-12-6-4-8-14(16(12)13)23(19,21)22/h3-8,11H,9-10,17H2,1-2H3. The Kier molecular flexibility index (Phi) is 3.77. The van der Waals surface area contributed by atoms with Crippen LogP contribution in [0.4, 0.5) is 5.69 Å². The van der Waals surface area contributed by atoms with Crippen LogP contribution < -0.4 is 10.0 Å². The summed E-state index contributed by atoms with van der Waals surface area (Å²) in [4.78, 5) is 14.2. The van der Waals surface area contributed by atoms with Crippen molar-refractivity contribution in [3.8, 4) is 0 Å². The lowest BCUT2D eigenvalue weighted by molar-refractivity contribution is -0.129. The lowest BCUT2D eigenvalue weighted by Gasteiger charge is -2.26. The zero-order valence-electron chi connectivity index (χ0n) is 13.1. The summed E-state index contributed by atoms with van der Waals surface area (Å²) in [6, 6.07) is 10.4. The van der Waals surface area contributed by atoms with Crippen molar-refractivity contribution in [1.29, 1.82) is 0 Å². The quantitative estimate of drug-likeness (QED) is 0.910. The molecule has 6 nitrogen and oxygen atoms in total. The van der Waals surface area contributed by atoms with Crippen molar-refractivity contribution in [2.45, 2.75) is 17.9 Å². The molecule has 3 rings (SSSR count). The third kappa shape index (κ3) is 2.36. The summed E-state index contributed by atoms with van der Waals surface area (Å²) in [5.41, 5.74) is 6.13. The molecule has 0 aliphatic carbocycles. The number of carbonyl (C=O) groups is 1. The monoisotopic (exact) mass is 333 g/mol. The number of benzene rings is 2. The maximum atomic E-state index is 12.8. The largest absolute Gasteiger partial charge is 0.340 e. The molecule has 0 spiro atoms. The fraction of sp³-hybridized carbons (Fsp3) is 0.312. The SMILES string of the molecule is CC(CN)N(C)C(=O)CN1c2cccc3cccc(c23)S1(=O)=O. The number of rotatable bonds is 4. The lowest BCUT2D eigenvalue weighted by atomic mass is 10.1. The van der Waals surface area contributed by atoms with E-state index in [0.29, 0.717) is 17.6 Å². The second-order valence-electron chi connectivity index (χ2n) is 5.73. The van der Waals surface area contributed by atoms with E-state index in [1.54, 1.807) is 31.3 Å². The highest BCUT2D eigenvalue weighted by atomic mass is 32.2. The minimum absolute atomic E-state index is 0.147. The molecule has 0 saturated carbocycles. The summed E-state index contributed by atoms with van der Waals surface area (Å²) in [5.74, 6) is -0.281. The Bertz CT molecular complexity index is 874. The Morgan fingerprint density at radius 3 is 2.57 bits per heavy atom. The van der Waals surface area contributed by atoms with Gasteiger partial charge in [-0.1, -0.05) is 24.3 Å². The average molecular weight is 333 g/mol. The van der Waals surface area contributed by atoms with Gasteiger partial charge in [0.2, 0.25) is 5.91 Å². The highest BCUT2D eigenvalue weighted by Crippen LogP contribution is 2.41. The zero-order valence-corrected chi connectivity index (χ0v) is 13.9. The highest BCUT2D eigenvalue weighted by molar-refractivity contribution is 7.93. The molecule has 0 radical (unpaired) electrons. The van der Waals surface area contributed by atoms with Crippen LogP contribution in [0.25, 0.3) is 10.8 Å². The Morgan fingerprint density at radius 1 is 1.26 bits per heavy atom. The maximum absolute atomic E-state index is 12.8. The number of carbonyl (C=O) groups excluding carboxylic acids is 1. The van der Waals surface area contributed by atoms with Crippen LogP contribution in [0.2, 0.25) is 0 Å². The van der Waals surface area contributed by atoms with E-state index in [4.69, 9.17) is 5.73 Å². The first-order chi connectivity index (χ1) is 10.9. The fourth-order valence-corrected chi connectivity index (χ4v) is 4.43. The summed E-state index contributed by atoms with van der Waals surface area (Å²) in [5, 5.41) is 1.53. The third-order valence-electron chi connectivity index (χ3n) is 4.36. The molecular weight excluding hydrogens is 314 g/mol. The number of amides is 1. The van der Waals surface area contributed by atoms with Gasteiger partial charge >= 0.3 is 0 Å². The first kappa shape index (κ1) is 15.8. The molecule has 2 aromatic carbocycles. The molecule has 1 aliphatic heterocycles. The van der Waals surface area contributed by atoms with Gasteiger partial charge in [-0.2, -0.15) is 0 Å². The Hall–Kier alpha value is -2.12. The van der Waals surface area contributed by atoms with Gasteiger partial charge in [0.25, 0.3) is 10.0 Å². The minimum atomic E-state index is -3.70. The molecule has 122 valence electrons. The molecule has 1 aliphatic rings. The summed E-state index contributed by atoms with van der Waals surface area (Å²) in [7, 11) is -2.07. The smallest absolute Gasteiger partial charge is 0.265 e. The maximum Gasteiger partial charge on any atom is 0.265 e. The van der Waals surface area contributed by atoms with Crippen LogP contribution in [-0.4, -0.2) is 45.4 Å². The number of nitrogens with two attached hydrogens (primary N) is 1. The van der Waals surface area contributed by atoms with Crippen molar-refractivity contribution in [2.75, 3.05) is 24.4 Å². The fourth-order valence-electron chi connectivity index (χ4n) is 2.77. The van der Waals surface area contributed by atoms with Gasteiger partial charge in [-0.15, -0.1) is 0 Å². The topological polar surface area (TPSA) is 83.7 Å². The van der Waals surface area contributed by atoms with Crippen LogP contribution in [0.5, 0.6) is 0 Å². The van der Waals surface area contributed by atoms with E-state index >= 15 is 0 Å². The molecule has 23 heavy (non-hydrogen) atoms. The van der Waals surface area contributed by atoms with Gasteiger partial charge < -0.3 is 10.6 Å². The second kappa shape index (κ2) is 5.50. The van der Waals surface area contributed by atoms with Gasteiger partial charge in [-0.05, 0) is 24.4 Å². The van der Waals surface area contributed by atoms with Crippen molar-refractivity contribution in [2.24, 2.45) is 5.73 Å². The predicted octanol–water partition coefficient (Wildman–Crippen LogP) is 1.15. The first-order valence-corrected chi connectivity index (χ1v) is 8.82. The van der Waals surface area contributed by atoms with Crippen LogP contribution in [-0.2, 0) is 14.8 Å². The molecule has 0 bridgehead atoms. The molecule has 0 saturated heterocycles. The summed E-state index contributed by atoms with van der Waals surface area (Å²) in [6.07, 6.45) is 0. The van der Waals surface area contributed by atoms with E-state index in [1.807, 2.05) is 19.1 Å². The van der Waals surface area contributed by atoms with E-state index in [-0.39, 0.29) is 23.4 Å². The first-order valence-electron chi connectivity index (χ1n) is 7.38. The van der Waals surface area contributed by atoms with Gasteiger partial charge in [-0.25, -0.2) is 8.42 Å². The molecule has 1 atom stereocenters. The Labute approximate surface area is 135 Å². The molecule has 1 unspecified atom stereocenters. The van der Waals surface area contributed by atoms with E-state index in [9.17, 15) is 13.2 Å². The summed E-state index contributed by atoms with van der Waals surface area (Å²) >= 11 is 0. The highest BCUT2D eigenvalue weighted by Gasteiger charge is 2.37. The van der Waals surface area contributed by atoms with Crippen LogP contribution in [0.3, 0.4) is 0 Å². The molecule has 7 heteroatoms. The molecule has 1 amide bonds. The van der Waals surface area contributed by atoms with Crippen LogP contribution in [0, 0.1) is 0 Å². The van der Waals surface area contributed by atoms with Gasteiger partial charge in [0, 0.05) is 25.0 Å². The predicted molar refractivity (Wildman–Crippen MR) is 89.8 cm³/mol. The molecule has 2 aromatic rings. The normalized spacial score (nSPS) is 16.6. The molecule has 0 fully saturated rings. The number of hydrogen-bond donors (Lipinski definition) is 1. The van der Waals surface area contributed by atoms with Gasteiger partial charge in [0.1, 0.15) is 6.54 Å². The van der Waals surface area contributed by atoms with E-state index in [2.05, 4.69) is 0 Å².